The summed E-state index contributed by atoms with van der Waals surface area (Å²) in [6.45, 7) is 9.53. The fourth-order valence-corrected chi connectivity index (χ4v) is 1.43. The second-order valence-electron chi connectivity index (χ2n) is 3.29. The SMILES string of the molecule is [CH2-][NH+]1CCN(CCOCC)CC1. The van der Waals surface area contributed by atoms with Gasteiger partial charge in [0.1, 0.15) is 0 Å². The van der Waals surface area contributed by atoms with Crippen LogP contribution in [0.25, 0.3) is 0 Å². The molecule has 1 N–H and O–H groups in total. The normalized spacial score (nSPS) is 21.5. The van der Waals surface area contributed by atoms with Crippen LogP contribution >= 0.6 is 0 Å². The molecule has 0 spiro atoms. The molecule has 0 aliphatic carbocycles. The van der Waals surface area contributed by atoms with Crippen molar-refractivity contribution in [2.45, 2.75) is 6.92 Å². The van der Waals surface area contributed by atoms with Crippen LogP contribution in [-0.4, -0.2) is 50.8 Å². The Kier molecular flexibility index (Phi) is 4.58. The van der Waals surface area contributed by atoms with Crippen molar-refractivity contribution in [3.63, 3.8) is 0 Å². The van der Waals surface area contributed by atoms with E-state index in [0.29, 0.717) is 0 Å². The van der Waals surface area contributed by atoms with Gasteiger partial charge in [-0.3, -0.25) is 4.90 Å². The van der Waals surface area contributed by atoms with Crippen LogP contribution in [0.5, 0.6) is 0 Å². The lowest BCUT2D eigenvalue weighted by molar-refractivity contribution is -0.858. The summed E-state index contributed by atoms with van der Waals surface area (Å²) in [5.74, 6) is 0. The molecule has 72 valence electrons. The van der Waals surface area contributed by atoms with Gasteiger partial charge in [0.25, 0.3) is 0 Å². The van der Waals surface area contributed by atoms with E-state index in [1.54, 1.807) is 0 Å². The van der Waals surface area contributed by atoms with Crippen LogP contribution in [0.2, 0.25) is 0 Å². The van der Waals surface area contributed by atoms with E-state index >= 15 is 0 Å². The Morgan fingerprint density at radius 2 is 2.08 bits per heavy atom. The Hall–Kier alpha value is -0.120. The average Bonchev–Trinajstić information content (AvgIpc) is 2.09. The van der Waals surface area contributed by atoms with Crippen molar-refractivity contribution in [3.05, 3.63) is 7.05 Å². The van der Waals surface area contributed by atoms with Gasteiger partial charge in [-0.2, -0.15) is 7.05 Å². The first-order valence-electron chi connectivity index (χ1n) is 4.79. The molecule has 0 aromatic rings. The number of nitrogens with one attached hydrogen (secondary N) is 1. The van der Waals surface area contributed by atoms with E-state index < -0.39 is 0 Å². The summed E-state index contributed by atoms with van der Waals surface area (Å²) < 4.78 is 5.30. The molecule has 1 aliphatic rings. The molecule has 0 unspecified atom stereocenters. The Bertz CT molecular complexity index is 111. The van der Waals surface area contributed by atoms with Crippen molar-refractivity contribution in [1.82, 2.24) is 4.90 Å². The second kappa shape index (κ2) is 5.51. The third-order valence-corrected chi connectivity index (χ3v) is 2.32. The maximum absolute atomic E-state index is 5.30. The summed E-state index contributed by atoms with van der Waals surface area (Å²) in [6, 6.07) is 0. The molecule has 1 fully saturated rings. The van der Waals surface area contributed by atoms with Crippen LogP contribution in [-0.2, 0) is 4.74 Å². The lowest BCUT2D eigenvalue weighted by Gasteiger charge is -2.33. The van der Waals surface area contributed by atoms with Gasteiger partial charge in [-0.1, -0.05) is 0 Å². The number of quaternary nitrogens is 1. The summed E-state index contributed by atoms with van der Waals surface area (Å²) >= 11 is 0. The van der Waals surface area contributed by atoms with Gasteiger partial charge in [0.15, 0.2) is 0 Å². The minimum absolute atomic E-state index is 0.834. The Morgan fingerprint density at radius 1 is 1.42 bits per heavy atom. The van der Waals surface area contributed by atoms with Crippen molar-refractivity contribution < 1.29 is 9.64 Å². The number of rotatable bonds is 4. The van der Waals surface area contributed by atoms with Crippen LogP contribution in [0.1, 0.15) is 6.92 Å². The zero-order chi connectivity index (χ0) is 8.81. The number of ether oxygens (including phenoxy) is 1. The standard InChI is InChI=1S/C9H20N2O/c1-3-12-9-8-11-6-4-10(2)5-7-11/h10H,2-9H2,1H3. The third kappa shape index (κ3) is 3.52. The minimum atomic E-state index is 0.834. The van der Waals surface area contributed by atoms with Gasteiger partial charge in [0.05, 0.1) is 19.7 Å². The van der Waals surface area contributed by atoms with Gasteiger partial charge >= 0.3 is 0 Å². The highest BCUT2D eigenvalue weighted by Gasteiger charge is 2.12. The molecule has 0 aromatic heterocycles. The fourth-order valence-electron chi connectivity index (χ4n) is 1.43. The van der Waals surface area contributed by atoms with Crippen LogP contribution < -0.4 is 4.90 Å². The van der Waals surface area contributed by atoms with Crippen molar-refractivity contribution in [2.24, 2.45) is 0 Å². The molecule has 0 radical (unpaired) electrons. The van der Waals surface area contributed by atoms with Crippen molar-refractivity contribution in [3.8, 4) is 0 Å². The number of nitrogens with zero attached hydrogens (tertiary/aromatic N) is 1. The monoisotopic (exact) mass is 172 g/mol. The van der Waals surface area contributed by atoms with Crippen LogP contribution in [0, 0.1) is 7.05 Å². The second-order valence-corrected chi connectivity index (χ2v) is 3.29. The summed E-state index contributed by atoms with van der Waals surface area (Å²) in [4.78, 5) is 3.85. The Labute approximate surface area is 75.3 Å². The molecular weight excluding hydrogens is 152 g/mol. The molecule has 0 atom stereocenters. The maximum atomic E-state index is 5.30. The molecule has 0 aromatic carbocycles. The number of hydrogen-bond donors (Lipinski definition) is 1. The molecule has 3 nitrogen and oxygen atoms in total. The van der Waals surface area contributed by atoms with E-state index in [1.807, 2.05) is 6.92 Å². The van der Waals surface area contributed by atoms with E-state index in [0.717, 1.165) is 19.8 Å². The number of piperazine rings is 1. The summed E-state index contributed by atoms with van der Waals surface area (Å²) in [6.07, 6.45) is 0. The summed E-state index contributed by atoms with van der Waals surface area (Å²) in [7, 11) is 3.99. The predicted octanol–water partition coefficient (Wildman–Crippen LogP) is -0.985. The number of hydrogen-bond acceptors (Lipinski definition) is 2. The fraction of sp³-hybridized carbons (Fsp3) is 0.889. The van der Waals surface area contributed by atoms with E-state index in [-0.39, 0.29) is 0 Å². The lowest BCUT2D eigenvalue weighted by atomic mass is 10.3. The van der Waals surface area contributed by atoms with Gasteiger partial charge in [0.2, 0.25) is 0 Å². The summed E-state index contributed by atoms with van der Waals surface area (Å²) in [5.41, 5.74) is 0. The van der Waals surface area contributed by atoms with Gasteiger partial charge < -0.3 is 9.64 Å². The topological polar surface area (TPSA) is 16.9 Å². The van der Waals surface area contributed by atoms with Crippen molar-refractivity contribution >= 4 is 0 Å². The predicted molar refractivity (Wildman–Crippen MR) is 49.0 cm³/mol. The first-order valence-corrected chi connectivity index (χ1v) is 4.79. The molecule has 1 rings (SSSR count). The molecule has 12 heavy (non-hydrogen) atoms. The molecule has 0 amide bonds. The highest BCUT2D eigenvalue weighted by atomic mass is 16.5. The van der Waals surface area contributed by atoms with Crippen LogP contribution in [0.15, 0.2) is 0 Å². The molecule has 0 saturated carbocycles. The lowest BCUT2D eigenvalue weighted by Crippen LogP contribution is -3.10. The third-order valence-electron chi connectivity index (χ3n) is 2.32. The molecule has 1 heterocycles. The molecule has 3 heteroatoms. The summed E-state index contributed by atoms with van der Waals surface area (Å²) in [5, 5.41) is 0. The van der Waals surface area contributed by atoms with E-state index in [1.165, 1.54) is 31.1 Å². The highest BCUT2D eigenvalue weighted by molar-refractivity contribution is 4.59. The Morgan fingerprint density at radius 3 is 2.67 bits per heavy atom. The van der Waals surface area contributed by atoms with Gasteiger partial charge in [-0.15, -0.1) is 0 Å². The molecular formula is C9H20N2O. The van der Waals surface area contributed by atoms with E-state index in [2.05, 4.69) is 11.9 Å². The first kappa shape index (κ1) is 9.96. The van der Waals surface area contributed by atoms with Crippen LogP contribution in [0.4, 0.5) is 0 Å². The van der Waals surface area contributed by atoms with E-state index in [9.17, 15) is 0 Å². The van der Waals surface area contributed by atoms with Crippen LogP contribution in [0.3, 0.4) is 0 Å². The largest absolute Gasteiger partial charge is 0.466 e. The molecule has 0 bridgehead atoms. The minimum Gasteiger partial charge on any atom is -0.466 e. The van der Waals surface area contributed by atoms with E-state index in [4.69, 9.17) is 4.74 Å². The zero-order valence-corrected chi connectivity index (χ0v) is 8.01. The molecule has 1 saturated heterocycles. The van der Waals surface area contributed by atoms with Crippen molar-refractivity contribution in [1.29, 1.82) is 0 Å². The first-order chi connectivity index (χ1) is 5.83. The average molecular weight is 172 g/mol. The highest BCUT2D eigenvalue weighted by Crippen LogP contribution is 1.88. The van der Waals surface area contributed by atoms with Crippen molar-refractivity contribution in [2.75, 3.05) is 45.9 Å². The Balaban J connectivity index is 2.01. The zero-order valence-electron chi connectivity index (χ0n) is 8.01. The maximum Gasteiger partial charge on any atom is 0.0660 e. The molecule has 1 aliphatic heterocycles. The quantitative estimate of drug-likeness (QED) is 0.433. The van der Waals surface area contributed by atoms with Gasteiger partial charge in [-0.25, -0.2) is 0 Å². The smallest absolute Gasteiger partial charge is 0.0660 e. The van der Waals surface area contributed by atoms with Gasteiger partial charge in [0, 0.05) is 26.2 Å². The van der Waals surface area contributed by atoms with Gasteiger partial charge in [-0.05, 0) is 6.92 Å².